The lowest BCUT2D eigenvalue weighted by molar-refractivity contribution is 0.507. The van der Waals surface area contributed by atoms with Crippen LogP contribution in [0.1, 0.15) is 5.56 Å². The number of rotatable bonds is 4. The molecule has 0 saturated carbocycles. The summed E-state index contributed by atoms with van der Waals surface area (Å²) in [6.45, 7) is 0. The Labute approximate surface area is 131 Å². The van der Waals surface area contributed by atoms with Crippen LogP contribution in [0.3, 0.4) is 0 Å². The zero-order chi connectivity index (χ0) is 15.4. The summed E-state index contributed by atoms with van der Waals surface area (Å²) in [7, 11) is 0. The van der Waals surface area contributed by atoms with Gasteiger partial charge < -0.3 is 0 Å². The summed E-state index contributed by atoms with van der Waals surface area (Å²) in [4.78, 5) is 0. The topological polar surface area (TPSA) is 25.8 Å². The van der Waals surface area contributed by atoms with E-state index in [4.69, 9.17) is 0 Å². The summed E-state index contributed by atoms with van der Waals surface area (Å²) < 4.78 is 26.0. The number of aromatic nitrogens is 2. The molecule has 0 bridgehead atoms. The van der Waals surface area contributed by atoms with Crippen LogP contribution in [-0.2, 0) is 5.75 Å². The van der Waals surface area contributed by atoms with Gasteiger partial charge in [-0.3, -0.25) is 0 Å². The van der Waals surface area contributed by atoms with E-state index >= 15 is 0 Å². The number of hydrogen-bond donors (Lipinski definition) is 0. The SMILES string of the molecule is Fc1ccc(CSc2ccc(-c3ccccc3)nn2)cc1F. The van der Waals surface area contributed by atoms with E-state index in [1.807, 2.05) is 42.5 Å². The molecule has 3 aromatic rings. The van der Waals surface area contributed by atoms with Crippen molar-refractivity contribution in [2.24, 2.45) is 0 Å². The minimum atomic E-state index is -0.833. The van der Waals surface area contributed by atoms with Gasteiger partial charge in [0.05, 0.1) is 5.69 Å². The number of halogens is 2. The molecule has 0 fully saturated rings. The number of hydrogen-bond acceptors (Lipinski definition) is 3. The lowest BCUT2D eigenvalue weighted by Gasteiger charge is -2.03. The molecule has 1 heterocycles. The van der Waals surface area contributed by atoms with Gasteiger partial charge in [0, 0.05) is 11.3 Å². The van der Waals surface area contributed by atoms with Gasteiger partial charge >= 0.3 is 0 Å². The molecule has 0 N–H and O–H groups in total. The van der Waals surface area contributed by atoms with Crippen LogP contribution in [0.5, 0.6) is 0 Å². The van der Waals surface area contributed by atoms with Crippen molar-refractivity contribution in [2.45, 2.75) is 10.8 Å². The fourth-order valence-electron chi connectivity index (χ4n) is 1.95. The molecular formula is C17H12F2N2S. The van der Waals surface area contributed by atoms with Crippen molar-refractivity contribution in [1.29, 1.82) is 0 Å². The highest BCUT2D eigenvalue weighted by Crippen LogP contribution is 2.23. The second kappa shape index (κ2) is 6.66. The third kappa shape index (κ3) is 3.49. The van der Waals surface area contributed by atoms with Crippen molar-refractivity contribution in [2.75, 3.05) is 0 Å². The minimum absolute atomic E-state index is 0.510. The van der Waals surface area contributed by atoms with E-state index in [1.54, 1.807) is 6.07 Å². The highest BCUT2D eigenvalue weighted by Gasteiger charge is 2.05. The lowest BCUT2D eigenvalue weighted by Crippen LogP contribution is -1.91. The van der Waals surface area contributed by atoms with Crippen LogP contribution >= 0.6 is 11.8 Å². The van der Waals surface area contributed by atoms with Gasteiger partial charge in [-0.05, 0) is 29.8 Å². The Kier molecular flexibility index (Phi) is 4.44. The Balaban J connectivity index is 1.67. The first-order chi connectivity index (χ1) is 10.7. The molecule has 110 valence electrons. The molecule has 2 aromatic carbocycles. The van der Waals surface area contributed by atoms with Crippen molar-refractivity contribution >= 4 is 11.8 Å². The van der Waals surface area contributed by atoms with Crippen LogP contribution < -0.4 is 0 Å². The second-order valence-corrected chi connectivity index (χ2v) is 5.66. The van der Waals surface area contributed by atoms with Gasteiger partial charge in [0.15, 0.2) is 11.6 Å². The van der Waals surface area contributed by atoms with E-state index in [0.717, 1.165) is 22.3 Å². The van der Waals surface area contributed by atoms with Gasteiger partial charge in [-0.1, -0.05) is 48.2 Å². The van der Waals surface area contributed by atoms with E-state index < -0.39 is 11.6 Å². The summed E-state index contributed by atoms with van der Waals surface area (Å²) in [6, 6.07) is 17.5. The molecule has 2 nitrogen and oxygen atoms in total. The van der Waals surface area contributed by atoms with Crippen molar-refractivity contribution < 1.29 is 8.78 Å². The highest BCUT2D eigenvalue weighted by molar-refractivity contribution is 7.98. The maximum atomic E-state index is 13.1. The Morgan fingerprint density at radius 1 is 0.818 bits per heavy atom. The summed E-state index contributed by atoms with van der Waals surface area (Å²) in [5, 5.41) is 9.08. The Morgan fingerprint density at radius 2 is 1.64 bits per heavy atom. The Bertz CT molecular complexity index is 761. The van der Waals surface area contributed by atoms with Gasteiger partial charge in [0.2, 0.25) is 0 Å². The van der Waals surface area contributed by atoms with E-state index in [-0.39, 0.29) is 0 Å². The molecular weight excluding hydrogens is 302 g/mol. The van der Waals surface area contributed by atoms with Gasteiger partial charge in [-0.25, -0.2) is 8.78 Å². The largest absolute Gasteiger partial charge is 0.204 e. The molecule has 0 saturated heterocycles. The predicted molar refractivity (Wildman–Crippen MR) is 83.4 cm³/mol. The lowest BCUT2D eigenvalue weighted by atomic mass is 10.1. The number of thioether (sulfide) groups is 1. The van der Waals surface area contributed by atoms with Crippen LogP contribution in [0.2, 0.25) is 0 Å². The highest BCUT2D eigenvalue weighted by atomic mass is 32.2. The maximum absolute atomic E-state index is 13.1. The molecule has 0 radical (unpaired) electrons. The van der Waals surface area contributed by atoms with Gasteiger partial charge in [0.25, 0.3) is 0 Å². The summed E-state index contributed by atoms with van der Waals surface area (Å²) in [5.74, 6) is -1.15. The average molecular weight is 314 g/mol. The zero-order valence-corrected chi connectivity index (χ0v) is 12.4. The molecule has 0 aliphatic heterocycles. The monoisotopic (exact) mass is 314 g/mol. The molecule has 5 heteroatoms. The summed E-state index contributed by atoms with van der Waals surface area (Å²) in [5.41, 5.74) is 2.52. The fraction of sp³-hybridized carbons (Fsp3) is 0.0588. The molecule has 0 unspecified atom stereocenters. The third-order valence-corrected chi connectivity index (χ3v) is 4.07. The minimum Gasteiger partial charge on any atom is -0.204 e. The van der Waals surface area contributed by atoms with Gasteiger partial charge in [-0.2, -0.15) is 0 Å². The molecule has 0 atom stereocenters. The van der Waals surface area contributed by atoms with Gasteiger partial charge in [-0.15, -0.1) is 10.2 Å². The fourth-order valence-corrected chi connectivity index (χ4v) is 2.70. The maximum Gasteiger partial charge on any atom is 0.159 e. The van der Waals surface area contributed by atoms with E-state index in [1.165, 1.54) is 17.8 Å². The van der Waals surface area contributed by atoms with E-state index in [9.17, 15) is 8.78 Å². The molecule has 22 heavy (non-hydrogen) atoms. The summed E-state index contributed by atoms with van der Waals surface area (Å²) in [6.07, 6.45) is 0. The molecule has 3 rings (SSSR count). The normalized spacial score (nSPS) is 10.6. The molecule has 0 amide bonds. The van der Waals surface area contributed by atoms with Crippen LogP contribution in [0, 0.1) is 11.6 Å². The molecule has 0 aliphatic carbocycles. The van der Waals surface area contributed by atoms with Crippen LogP contribution in [0.25, 0.3) is 11.3 Å². The first kappa shape index (κ1) is 14.7. The standard InChI is InChI=1S/C17H12F2N2S/c18-14-7-6-12(10-15(14)19)11-22-17-9-8-16(20-21-17)13-4-2-1-3-5-13/h1-10H,11H2. The van der Waals surface area contributed by atoms with E-state index in [2.05, 4.69) is 10.2 Å². The number of nitrogens with zero attached hydrogens (tertiary/aromatic N) is 2. The molecule has 0 spiro atoms. The van der Waals surface area contributed by atoms with Crippen LogP contribution in [0.4, 0.5) is 8.78 Å². The Morgan fingerprint density at radius 3 is 2.32 bits per heavy atom. The Hall–Kier alpha value is -2.27. The van der Waals surface area contributed by atoms with Crippen molar-refractivity contribution in [3.05, 3.63) is 77.9 Å². The first-order valence-electron chi connectivity index (χ1n) is 6.68. The van der Waals surface area contributed by atoms with Crippen molar-refractivity contribution in [1.82, 2.24) is 10.2 Å². The van der Waals surface area contributed by atoms with E-state index in [0.29, 0.717) is 11.3 Å². The van der Waals surface area contributed by atoms with Gasteiger partial charge in [0.1, 0.15) is 5.03 Å². The van der Waals surface area contributed by atoms with Crippen molar-refractivity contribution in [3.8, 4) is 11.3 Å². The van der Waals surface area contributed by atoms with Crippen LogP contribution in [-0.4, -0.2) is 10.2 Å². The average Bonchev–Trinajstić information content (AvgIpc) is 2.57. The second-order valence-electron chi connectivity index (χ2n) is 4.66. The van der Waals surface area contributed by atoms with Crippen molar-refractivity contribution in [3.63, 3.8) is 0 Å². The smallest absolute Gasteiger partial charge is 0.159 e. The van der Waals surface area contributed by atoms with Crippen LogP contribution in [0.15, 0.2) is 65.7 Å². The summed E-state index contributed by atoms with van der Waals surface area (Å²) >= 11 is 1.43. The zero-order valence-electron chi connectivity index (χ0n) is 11.5. The first-order valence-corrected chi connectivity index (χ1v) is 7.67. The molecule has 0 aliphatic rings. The third-order valence-electron chi connectivity index (χ3n) is 3.08. The predicted octanol–water partition coefficient (Wildman–Crippen LogP) is 4.71. The molecule has 1 aromatic heterocycles. The quantitative estimate of drug-likeness (QED) is 0.652. The number of benzene rings is 2.